The van der Waals surface area contributed by atoms with Gasteiger partial charge in [-0.15, -0.1) is 0 Å². The zero-order chi connectivity index (χ0) is 27.5. The predicted octanol–water partition coefficient (Wildman–Crippen LogP) is 5.50. The molecule has 0 bridgehead atoms. The fourth-order valence-electron chi connectivity index (χ4n) is 4.24. The average molecular weight is 638 g/mol. The molecule has 1 aliphatic rings. The van der Waals surface area contributed by atoms with E-state index in [4.69, 9.17) is 13.9 Å². The number of carbonyl (C=O) groups is 3. The number of urea groups is 1. The first kappa shape index (κ1) is 26.3. The van der Waals surface area contributed by atoms with Crippen molar-refractivity contribution in [1.82, 2.24) is 10.2 Å². The molecule has 10 heteroatoms. The predicted molar refractivity (Wildman–Crippen MR) is 151 cm³/mol. The second-order valence-electron chi connectivity index (χ2n) is 8.60. The van der Waals surface area contributed by atoms with E-state index in [-0.39, 0.29) is 23.8 Å². The van der Waals surface area contributed by atoms with Gasteiger partial charge in [0.15, 0.2) is 11.5 Å². The van der Waals surface area contributed by atoms with Gasteiger partial charge in [-0.1, -0.05) is 42.5 Å². The number of rotatable bonds is 8. The van der Waals surface area contributed by atoms with Gasteiger partial charge >= 0.3 is 12.0 Å². The van der Waals surface area contributed by atoms with Crippen LogP contribution in [0.25, 0.3) is 16.8 Å². The van der Waals surface area contributed by atoms with Crippen molar-refractivity contribution in [2.24, 2.45) is 0 Å². The first-order valence-electron chi connectivity index (χ1n) is 11.9. The number of esters is 1. The van der Waals surface area contributed by atoms with Gasteiger partial charge in [-0.05, 0) is 74.8 Å². The fourth-order valence-corrected chi connectivity index (χ4v) is 5.02. The molecule has 3 amide bonds. The summed E-state index contributed by atoms with van der Waals surface area (Å²) in [5.41, 5.74) is 1.79. The molecule has 1 aromatic heterocycles. The van der Waals surface area contributed by atoms with Crippen LogP contribution < -0.4 is 14.8 Å². The third-order valence-electron chi connectivity index (χ3n) is 6.14. The van der Waals surface area contributed by atoms with E-state index in [1.165, 1.54) is 19.2 Å². The largest absolute Gasteiger partial charge is 0.493 e. The number of amides is 3. The molecule has 39 heavy (non-hydrogen) atoms. The van der Waals surface area contributed by atoms with Gasteiger partial charge in [0.1, 0.15) is 18.1 Å². The minimum Gasteiger partial charge on any atom is -0.493 e. The molecule has 9 nitrogen and oxygen atoms in total. The maximum Gasteiger partial charge on any atom is 0.373 e. The number of nitrogens with one attached hydrogen (secondary N) is 1. The topological polar surface area (TPSA) is 107 Å². The third kappa shape index (κ3) is 5.46. The van der Waals surface area contributed by atoms with Crippen LogP contribution in [0.15, 0.2) is 76.8 Å². The van der Waals surface area contributed by atoms with Crippen LogP contribution >= 0.6 is 22.6 Å². The van der Waals surface area contributed by atoms with E-state index in [0.717, 1.165) is 24.8 Å². The molecule has 1 fully saturated rings. The Labute approximate surface area is 237 Å². The quantitative estimate of drug-likeness (QED) is 0.118. The first-order chi connectivity index (χ1) is 18.9. The van der Waals surface area contributed by atoms with Crippen LogP contribution in [0.1, 0.15) is 27.4 Å². The Morgan fingerprint density at radius 3 is 2.64 bits per heavy atom. The highest BCUT2D eigenvalue weighted by Crippen LogP contribution is 2.36. The summed E-state index contributed by atoms with van der Waals surface area (Å²) in [7, 11) is 2.78. The van der Waals surface area contributed by atoms with E-state index in [1.54, 1.807) is 19.3 Å². The molecule has 1 N–H and O–H groups in total. The number of methoxy groups -OCH3 is 2. The van der Waals surface area contributed by atoms with Gasteiger partial charge in [0.25, 0.3) is 5.91 Å². The number of ether oxygens (including phenoxy) is 3. The van der Waals surface area contributed by atoms with Crippen molar-refractivity contribution >= 4 is 57.3 Å². The monoisotopic (exact) mass is 638 g/mol. The van der Waals surface area contributed by atoms with Crippen LogP contribution in [0.4, 0.5) is 4.79 Å². The Morgan fingerprint density at radius 2 is 1.85 bits per heavy atom. The molecule has 0 atom stereocenters. The first-order valence-corrected chi connectivity index (χ1v) is 12.9. The highest BCUT2D eigenvalue weighted by Gasteiger charge is 2.34. The van der Waals surface area contributed by atoms with Crippen molar-refractivity contribution in [3.63, 3.8) is 0 Å². The standard InChI is InChI=1S/C29H23IN2O7/c1-36-25-14-17(12-22(30)26(25)38-16-19-8-5-7-18-6-3-4-9-21(18)19)13-23-27(33)32(29(35)31-23)15-20-10-11-24(39-20)28(34)37-2/h3-14H,15-16H2,1-2H3,(H,31,35)/b23-13-. The van der Waals surface area contributed by atoms with Crippen LogP contribution in [-0.4, -0.2) is 37.0 Å². The minimum absolute atomic E-state index is 0.0141. The van der Waals surface area contributed by atoms with Crippen LogP contribution in [0.3, 0.4) is 0 Å². The second-order valence-corrected chi connectivity index (χ2v) is 9.76. The number of hydrogen-bond donors (Lipinski definition) is 1. The van der Waals surface area contributed by atoms with E-state index < -0.39 is 17.9 Å². The minimum atomic E-state index is -0.646. The highest BCUT2D eigenvalue weighted by molar-refractivity contribution is 14.1. The van der Waals surface area contributed by atoms with E-state index in [1.807, 2.05) is 30.3 Å². The smallest absolute Gasteiger partial charge is 0.373 e. The number of imide groups is 1. The number of fused-ring (bicyclic) bond motifs is 1. The maximum absolute atomic E-state index is 13.0. The van der Waals surface area contributed by atoms with E-state index in [9.17, 15) is 14.4 Å². The maximum atomic E-state index is 13.0. The lowest BCUT2D eigenvalue weighted by molar-refractivity contribution is -0.123. The number of halogens is 1. The van der Waals surface area contributed by atoms with Crippen LogP contribution in [-0.2, 0) is 22.7 Å². The van der Waals surface area contributed by atoms with Gasteiger partial charge in [-0.25, -0.2) is 9.59 Å². The van der Waals surface area contributed by atoms with Crippen LogP contribution in [0.5, 0.6) is 11.5 Å². The van der Waals surface area contributed by atoms with Gasteiger partial charge in [0.05, 0.1) is 24.3 Å². The molecule has 0 radical (unpaired) electrons. The summed E-state index contributed by atoms with van der Waals surface area (Å²) >= 11 is 2.15. The Balaban J connectivity index is 1.34. The van der Waals surface area contributed by atoms with Crippen LogP contribution in [0.2, 0.25) is 0 Å². The molecule has 198 valence electrons. The fraction of sp³-hybridized carbons (Fsp3) is 0.138. The number of nitrogens with zero attached hydrogens (tertiary/aromatic N) is 1. The van der Waals surface area contributed by atoms with Gasteiger partial charge in [-0.3, -0.25) is 9.69 Å². The number of carbonyl (C=O) groups excluding carboxylic acids is 3. The zero-order valence-corrected chi connectivity index (χ0v) is 23.2. The normalized spacial score (nSPS) is 14.1. The summed E-state index contributed by atoms with van der Waals surface area (Å²) in [6.07, 6.45) is 1.57. The van der Waals surface area contributed by atoms with Gasteiger partial charge in [0, 0.05) is 0 Å². The molecular weight excluding hydrogens is 615 g/mol. The summed E-state index contributed by atoms with van der Waals surface area (Å²) in [5.74, 6) is 0.154. The second kappa shape index (κ2) is 11.2. The summed E-state index contributed by atoms with van der Waals surface area (Å²) in [6, 6.07) is 20.1. The Bertz CT molecular complexity index is 1620. The van der Waals surface area contributed by atoms with Crippen molar-refractivity contribution in [3.8, 4) is 11.5 Å². The van der Waals surface area contributed by atoms with Crippen molar-refractivity contribution in [2.75, 3.05) is 14.2 Å². The highest BCUT2D eigenvalue weighted by atomic mass is 127. The van der Waals surface area contributed by atoms with E-state index >= 15 is 0 Å². The van der Waals surface area contributed by atoms with E-state index in [0.29, 0.717) is 23.7 Å². The summed E-state index contributed by atoms with van der Waals surface area (Å²) in [5, 5.41) is 4.84. The average Bonchev–Trinajstić information content (AvgIpc) is 3.52. The summed E-state index contributed by atoms with van der Waals surface area (Å²) in [6.45, 7) is 0.211. The Kier molecular flexibility index (Phi) is 7.55. The summed E-state index contributed by atoms with van der Waals surface area (Å²) < 4.78 is 22.6. The Hall–Kier alpha value is -4.32. The molecule has 1 saturated heterocycles. The lowest BCUT2D eigenvalue weighted by Gasteiger charge is -2.15. The Morgan fingerprint density at radius 1 is 1.05 bits per heavy atom. The number of benzene rings is 3. The van der Waals surface area contributed by atoms with Gasteiger partial charge in [-0.2, -0.15) is 0 Å². The summed E-state index contributed by atoms with van der Waals surface area (Å²) in [4.78, 5) is 38.1. The molecule has 1 aliphatic heterocycles. The van der Waals surface area contributed by atoms with Crippen molar-refractivity contribution in [2.45, 2.75) is 13.2 Å². The molecule has 2 heterocycles. The molecule has 4 aromatic rings. The molecular formula is C29H23IN2O7. The SMILES string of the molecule is COC(=O)c1ccc(CN2C(=O)N/C(=C\c3cc(I)c(OCc4cccc5ccccc45)c(OC)c3)C2=O)o1. The van der Waals surface area contributed by atoms with Crippen molar-refractivity contribution < 1.29 is 33.0 Å². The molecule has 0 aliphatic carbocycles. The van der Waals surface area contributed by atoms with E-state index in [2.05, 4.69) is 50.8 Å². The molecule has 3 aromatic carbocycles. The van der Waals surface area contributed by atoms with Gasteiger partial charge in [0.2, 0.25) is 5.76 Å². The molecule has 0 saturated carbocycles. The zero-order valence-electron chi connectivity index (χ0n) is 21.0. The lowest BCUT2D eigenvalue weighted by Crippen LogP contribution is -2.30. The molecule has 5 rings (SSSR count). The van der Waals surface area contributed by atoms with Crippen molar-refractivity contribution in [3.05, 3.63) is 98.6 Å². The molecule has 0 unspecified atom stereocenters. The lowest BCUT2D eigenvalue weighted by atomic mass is 10.1. The number of furan rings is 1. The number of hydrogen-bond acceptors (Lipinski definition) is 7. The van der Waals surface area contributed by atoms with Crippen LogP contribution in [0, 0.1) is 3.57 Å². The van der Waals surface area contributed by atoms with Gasteiger partial charge < -0.3 is 23.9 Å². The molecule has 0 spiro atoms. The third-order valence-corrected chi connectivity index (χ3v) is 6.94. The van der Waals surface area contributed by atoms with Crippen molar-refractivity contribution in [1.29, 1.82) is 0 Å².